The van der Waals surface area contributed by atoms with Gasteiger partial charge in [-0.2, -0.15) is 0 Å². The highest BCUT2D eigenvalue weighted by molar-refractivity contribution is 7.91. The molecule has 0 aromatic heterocycles. The van der Waals surface area contributed by atoms with E-state index in [-0.39, 0.29) is 11.7 Å². The predicted octanol–water partition coefficient (Wildman–Crippen LogP) is 3.31. The smallest absolute Gasteiger partial charge is 0.308 e. The van der Waals surface area contributed by atoms with Crippen molar-refractivity contribution < 1.29 is 22.7 Å². The van der Waals surface area contributed by atoms with Gasteiger partial charge in [0.15, 0.2) is 9.84 Å². The molecule has 1 aliphatic heterocycles. The van der Waals surface area contributed by atoms with Crippen molar-refractivity contribution in [2.24, 2.45) is 0 Å². The number of benzene rings is 2. The molecule has 26 heavy (non-hydrogen) atoms. The molecular weight excluding hydrogens is 352 g/mol. The number of fused-ring (bicyclic) bond motifs is 1. The van der Waals surface area contributed by atoms with Gasteiger partial charge in [0.2, 0.25) is 0 Å². The highest BCUT2D eigenvalue weighted by Gasteiger charge is 2.33. The van der Waals surface area contributed by atoms with Gasteiger partial charge in [-0.05, 0) is 49.6 Å². The first-order valence-electron chi connectivity index (χ1n) is 8.46. The molecule has 1 atom stereocenters. The summed E-state index contributed by atoms with van der Waals surface area (Å²) in [6.07, 6.45) is 0.0161. The molecule has 0 saturated carbocycles. The van der Waals surface area contributed by atoms with E-state index in [0.717, 1.165) is 22.3 Å². The molecule has 1 aliphatic rings. The highest BCUT2D eigenvalue weighted by Crippen LogP contribution is 2.42. The second-order valence-corrected chi connectivity index (χ2v) is 8.68. The molecule has 138 valence electrons. The van der Waals surface area contributed by atoms with Gasteiger partial charge in [-0.15, -0.1) is 0 Å². The van der Waals surface area contributed by atoms with Crippen LogP contribution in [0.15, 0.2) is 35.2 Å². The van der Waals surface area contributed by atoms with E-state index in [0.29, 0.717) is 22.8 Å². The number of carbonyl (C=O) groups excluding carboxylic acids is 1. The first-order chi connectivity index (χ1) is 12.2. The number of hydrogen-bond donors (Lipinski definition) is 0. The monoisotopic (exact) mass is 374 g/mol. The molecule has 0 aliphatic carbocycles. The minimum absolute atomic E-state index is 0.0908. The van der Waals surface area contributed by atoms with Gasteiger partial charge in [-0.3, -0.25) is 4.79 Å². The largest absolute Gasteiger partial charge is 0.488 e. The Bertz CT molecular complexity index is 962. The van der Waals surface area contributed by atoms with Gasteiger partial charge < -0.3 is 9.47 Å². The third-order valence-electron chi connectivity index (χ3n) is 4.78. The summed E-state index contributed by atoms with van der Waals surface area (Å²) in [6.45, 7) is 7.02. The summed E-state index contributed by atoms with van der Waals surface area (Å²) in [5.41, 5.74) is 3.46. The second-order valence-electron chi connectivity index (χ2n) is 6.64. The molecule has 1 heterocycles. The Balaban J connectivity index is 1.91. The zero-order chi connectivity index (χ0) is 19.1. The SMILES string of the molecule is CC(=O)Oc1c(C)c(C)c2c(c1C)CC(CS(=O)(=O)c1ccccc1)O2. The molecule has 0 saturated heterocycles. The van der Waals surface area contributed by atoms with Gasteiger partial charge in [0.05, 0.1) is 10.6 Å². The van der Waals surface area contributed by atoms with Crippen LogP contribution in [-0.4, -0.2) is 26.2 Å². The van der Waals surface area contributed by atoms with Crippen LogP contribution in [0.25, 0.3) is 0 Å². The molecule has 0 amide bonds. The van der Waals surface area contributed by atoms with E-state index < -0.39 is 15.9 Å². The Labute approximate surface area is 153 Å². The van der Waals surface area contributed by atoms with Crippen molar-refractivity contribution in [1.82, 2.24) is 0 Å². The van der Waals surface area contributed by atoms with Crippen LogP contribution in [0.5, 0.6) is 11.5 Å². The Hall–Kier alpha value is -2.34. The van der Waals surface area contributed by atoms with Crippen LogP contribution in [0.4, 0.5) is 0 Å². The maximum absolute atomic E-state index is 12.6. The molecule has 0 radical (unpaired) electrons. The minimum Gasteiger partial charge on any atom is -0.488 e. The lowest BCUT2D eigenvalue weighted by molar-refractivity contribution is -0.131. The Morgan fingerprint density at radius 2 is 1.77 bits per heavy atom. The maximum atomic E-state index is 12.6. The number of rotatable bonds is 4. The van der Waals surface area contributed by atoms with Gasteiger partial charge >= 0.3 is 5.97 Å². The topological polar surface area (TPSA) is 69.7 Å². The quantitative estimate of drug-likeness (QED) is 0.607. The van der Waals surface area contributed by atoms with Gasteiger partial charge in [-0.25, -0.2) is 8.42 Å². The zero-order valence-corrected chi connectivity index (χ0v) is 16.1. The summed E-state index contributed by atoms with van der Waals surface area (Å²) in [4.78, 5) is 11.7. The van der Waals surface area contributed by atoms with Crippen LogP contribution in [0.2, 0.25) is 0 Å². The predicted molar refractivity (Wildman–Crippen MR) is 98.6 cm³/mol. The molecule has 2 aromatic carbocycles. The van der Waals surface area contributed by atoms with Crippen molar-refractivity contribution in [2.45, 2.75) is 45.1 Å². The summed E-state index contributed by atoms with van der Waals surface area (Å²) in [5.74, 6) is 0.790. The van der Waals surface area contributed by atoms with E-state index in [1.165, 1.54) is 6.92 Å². The number of ether oxygens (including phenoxy) is 2. The average Bonchev–Trinajstić information content (AvgIpc) is 3.01. The molecule has 2 aromatic rings. The van der Waals surface area contributed by atoms with E-state index in [1.807, 2.05) is 20.8 Å². The molecule has 1 unspecified atom stereocenters. The van der Waals surface area contributed by atoms with Gasteiger partial charge in [0.1, 0.15) is 17.6 Å². The fraction of sp³-hybridized carbons (Fsp3) is 0.350. The van der Waals surface area contributed by atoms with Crippen LogP contribution in [-0.2, 0) is 21.1 Å². The molecule has 6 heteroatoms. The van der Waals surface area contributed by atoms with E-state index in [1.54, 1.807) is 30.3 Å². The third-order valence-corrected chi connectivity index (χ3v) is 6.58. The van der Waals surface area contributed by atoms with Crippen LogP contribution in [0.1, 0.15) is 29.2 Å². The van der Waals surface area contributed by atoms with E-state index in [9.17, 15) is 13.2 Å². The van der Waals surface area contributed by atoms with Crippen molar-refractivity contribution in [2.75, 3.05) is 5.75 Å². The molecule has 0 spiro atoms. The Kier molecular flexibility index (Phi) is 4.80. The van der Waals surface area contributed by atoms with E-state index in [2.05, 4.69) is 0 Å². The second kappa shape index (κ2) is 6.76. The highest BCUT2D eigenvalue weighted by atomic mass is 32.2. The van der Waals surface area contributed by atoms with Crippen LogP contribution >= 0.6 is 0 Å². The fourth-order valence-corrected chi connectivity index (χ4v) is 4.79. The standard InChI is InChI=1S/C20H22O5S/c1-12-13(2)20-18(14(3)19(12)24-15(4)21)10-16(25-20)11-26(22,23)17-8-6-5-7-9-17/h5-9,16H,10-11H2,1-4H3. The summed E-state index contributed by atoms with van der Waals surface area (Å²) in [6, 6.07) is 8.39. The summed E-state index contributed by atoms with van der Waals surface area (Å²) < 4.78 is 36.6. The Morgan fingerprint density at radius 3 is 2.38 bits per heavy atom. The summed E-state index contributed by atoms with van der Waals surface area (Å²) >= 11 is 0. The van der Waals surface area contributed by atoms with Crippen molar-refractivity contribution in [3.05, 3.63) is 52.6 Å². The average molecular weight is 374 g/mol. The van der Waals surface area contributed by atoms with Gasteiger partial charge in [0, 0.05) is 18.9 Å². The molecular formula is C20H22O5S. The van der Waals surface area contributed by atoms with Crippen molar-refractivity contribution in [1.29, 1.82) is 0 Å². The summed E-state index contributed by atoms with van der Waals surface area (Å²) in [5, 5.41) is 0. The van der Waals surface area contributed by atoms with Crippen molar-refractivity contribution in [3.63, 3.8) is 0 Å². The molecule has 0 fully saturated rings. The summed E-state index contributed by atoms with van der Waals surface area (Å²) in [7, 11) is -3.44. The zero-order valence-electron chi connectivity index (χ0n) is 15.3. The van der Waals surface area contributed by atoms with Crippen molar-refractivity contribution in [3.8, 4) is 11.5 Å². The maximum Gasteiger partial charge on any atom is 0.308 e. The van der Waals surface area contributed by atoms with E-state index in [4.69, 9.17) is 9.47 Å². The first-order valence-corrected chi connectivity index (χ1v) is 10.1. The molecule has 3 rings (SSSR count). The third kappa shape index (κ3) is 3.33. The first kappa shape index (κ1) is 18.5. The number of carbonyl (C=O) groups is 1. The van der Waals surface area contributed by atoms with Gasteiger partial charge in [0.25, 0.3) is 0 Å². The number of hydrogen-bond acceptors (Lipinski definition) is 5. The lowest BCUT2D eigenvalue weighted by atomic mass is 9.96. The van der Waals surface area contributed by atoms with Gasteiger partial charge in [-0.1, -0.05) is 18.2 Å². The molecule has 0 bridgehead atoms. The fourth-order valence-electron chi connectivity index (χ4n) is 3.36. The minimum atomic E-state index is -3.44. The van der Waals surface area contributed by atoms with E-state index >= 15 is 0 Å². The molecule has 0 N–H and O–H groups in total. The number of sulfone groups is 1. The van der Waals surface area contributed by atoms with Crippen LogP contribution < -0.4 is 9.47 Å². The van der Waals surface area contributed by atoms with Crippen LogP contribution in [0.3, 0.4) is 0 Å². The van der Waals surface area contributed by atoms with Crippen molar-refractivity contribution >= 4 is 15.8 Å². The normalized spacial score (nSPS) is 16.1. The Morgan fingerprint density at radius 1 is 1.12 bits per heavy atom. The number of esters is 1. The molecule has 5 nitrogen and oxygen atoms in total. The lowest BCUT2D eigenvalue weighted by Gasteiger charge is -2.16. The van der Waals surface area contributed by atoms with Crippen LogP contribution in [0, 0.1) is 20.8 Å². The lowest BCUT2D eigenvalue weighted by Crippen LogP contribution is -2.25.